The Morgan fingerprint density at radius 1 is 1.00 bits per heavy atom. The Hall–Kier alpha value is -4.36. The summed E-state index contributed by atoms with van der Waals surface area (Å²) in [7, 11) is 3.29. The molecule has 200 valence electrons. The van der Waals surface area contributed by atoms with E-state index in [9.17, 15) is 4.79 Å². The van der Waals surface area contributed by atoms with Crippen LogP contribution in [-0.4, -0.2) is 23.4 Å². The molecule has 0 N–H and O–H groups in total. The van der Waals surface area contributed by atoms with Crippen LogP contribution in [0.2, 0.25) is 0 Å². The lowest BCUT2D eigenvalue weighted by Gasteiger charge is -2.31. The largest absolute Gasteiger partial charge is 0.493 e. The number of nitrogens with zero attached hydrogens (tertiary/aromatic N) is 3. The van der Waals surface area contributed by atoms with Gasteiger partial charge < -0.3 is 14.0 Å². The van der Waals surface area contributed by atoms with Gasteiger partial charge in [-0.1, -0.05) is 65.9 Å². The van der Waals surface area contributed by atoms with E-state index in [2.05, 4.69) is 60.2 Å². The van der Waals surface area contributed by atoms with E-state index in [1.165, 1.54) is 16.9 Å². The zero-order chi connectivity index (χ0) is 27.4. The minimum Gasteiger partial charge on any atom is -0.493 e. The summed E-state index contributed by atoms with van der Waals surface area (Å²) in [6.07, 6.45) is 5.87. The van der Waals surface area contributed by atoms with E-state index >= 15 is 0 Å². The third-order valence-electron chi connectivity index (χ3n) is 8.05. The Bertz CT molecular complexity index is 2010. The third kappa shape index (κ3) is 3.68. The molecular formula is C33H29N3O3S. The average molecular weight is 548 g/mol. The SMILES string of the molecule is CCn1cc(/C=c2\sc3n(c2=O)[C@H](c2cccc(OC)c2OC)C2=C(N=3)c3ccccc3CC2)c2ccccc21. The monoisotopic (exact) mass is 547 g/mol. The summed E-state index contributed by atoms with van der Waals surface area (Å²) in [5.74, 6) is 1.29. The van der Waals surface area contributed by atoms with Crippen molar-refractivity contribution in [1.82, 2.24) is 9.13 Å². The summed E-state index contributed by atoms with van der Waals surface area (Å²) in [4.78, 5) is 20.1. The van der Waals surface area contributed by atoms with Crippen LogP contribution in [0.25, 0.3) is 22.7 Å². The Morgan fingerprint density at radius 2 is 1.82 bits per heavy atom. The number of para-hydroxylation sites is 2. The highest BCUT2D eigenvalue weighted by molar-refractivity contribution is 7.07. The summed E-state index contributed by atoms with van der Waals surface area (Å²) < 4.78 is 16.3. The van der Waals surface area contributed by atoms with Crippen molar-refractivity contribution in [2.24, 2.45) is 4.99 Å². The molecule has 0 saturated carbocycles. The molecule has 2 aliphatic rings. The number of thiazole rings is 1. The fourth-order valence-electron chi connectivity index (χ4n) is 6.22. The highest BCUT2D eigenvalue weighted by atomic mass is 32.1. The van der Waals surface area contributed by atoms with Gasteiger partial charge >= 0.3 is 0 Å². The normalized spacial score (nSPS) is 16.4. The Balaban J connectivity index is 1.52. The predicted molar refractivity (Wildman–Crippen MR) is 160 cm³/mol. The highest BCUT2D eigenvalue weighted by Gasteiger charge is 2.34. The van der Waals surface area contributed by atoms with E-state index in [-0.39, 0.29) is 11.6 Å². The fraction of sp³-hybridized carbons (Fsp3) is 0.212. The first-order valence-electron chi connectivity index (χ1n) is 13.5. The van der Waals surface area contributed by atoms with Crippen LogP contribution in [0.5, 0.6) is 11.5 Å². The summed E-state index contributed by atoms with van der Waals surface area (Å²) >= 11 is 1.45. The van der Waals surface area contributed by atoms with Crippen molar-refractivity contribution < 1.29 is 9.47 Å². The Labute approximate surface area is 235 Å². The van der Waals surface area contributed by atoms with Gasteiger partial charge in [0.2, 0.25) is 0 Å². The van der Waals surface area contributed by atoms with Crippen LogP contribution in [0.3, 0.4) is 0 Å². The second-order valence-corrected chi connectivity index (χ2v) is 11.1. The quantitative estimate of drug-likeness (QED) is 0.300. The van der Waals surface area contributed by atoms with E-state index < -0.39 is 0 Å². The predicted octanol–water partition coefficient (Wildman–Crippen LogP) is 5.31. The van der Waals surface area contributed by atoms with Crippen LogP contribution in [-0.2, 0) is 13.0 Å². The number of allylic oxidation sites excluding steroid dienone is 1. The maximum atomic E-state index is 14.3. The number of ether oxygens (including phenoxy) is 2. The molecule has 6 nitrogen and oxygen atoms in total. The lowest BCUT2D eigenvalue weighted by atomic mass is 9.83. The lowest BCUT2D eigenvalue weighted by molar-refractivity contribution is 0.348. The maximum absolute atomic E-state index is 14.3. The molecule has 3 aromatic carbocycles. The smallest absolute Gasteiger partial charge is 0.271 e. The summed E-state index contributed by atoms with van der Waals surface area (Å²) in [6, 6.07) is 22.3. The van der Waals surface area contributed by atoms with Crippen LogP contribution >= 0.6 is 11.3 Å². The number of hydrogen-bond donors (Lipinski definition) is 0. The molecule has 0 spiro atoms. The lowest BCUT2D eigenvalue weighted by Crippen LogP contribution is -2.39. The van der Waals surface area contributed by atoms with Crippen molar-refractivity contribution in [3.8, 4) is 11.5 Å². The van der Waals surface area contributed by atoms with Crippen molar-refractivity contribution >= 4 is 34.0 Å². The van der Waals surface area contributed by atoms with Crippen LogP contribution in [0.15, 0.2) is 88.3 Å². The van der Waals surface area contributed by atoms with Gasteiger partial charge in [-0.25, -0.2) is 4.99 Å². The molecule has 1 aliphatic heterocycles. The molecule has 0 fully saturated rings. The first-order valence-corrected chi connectivity index (χ1v) is 14.4. The second-order valence-electron chi connectivity index (χ2n) is 10.1. The molecule has 0 saturated heterocycles. The summed E-state index contributed by atoms with van der Waals surface area (Å²) in [5.41, 5.74) is 7.57. The van der Waals surface area contributed by atoms with Crippen molar-refractivity contribution in [2.75, 3.05) is 14.2 Å². The zero-order valence-corrected chi connectivity index (χ0v) is 23.5. The molecule has 7 heteroatoms. The first kappa shape index (κ1) is 24.7. The minimum atomic E-state index is -0.344. The van der Waals surface area contributed by atoms with Gasteiger partial charge in [0.05, 0.1) is 30.5 Å². The molecule has 7 rings (SSSR count). The van der Waals surface area contributed by atoms with Gasteiger partial charge in [-0.05, 0) is 49.1 Å². The Morgan fingerprint density at radius 3 is 2.65 bits per heavy atom. The van der Waals surface area contributed by atoms with Gasteiger partial charge in [-0.15, -0.1) is 0 Å². The van der Waals surface area contributed by atoms with Crippen molar-refractivity contribution in [2.45, 2.75) is 32.4 Å². The van der Waals surface area contributed by atoms with Crippen molar-refractivity contribution in [3.05, 3.63) is 120 Å². The molecule has 3 heterocycles. The van der Waals surface area contributed by atoms with E-state index in [0.717, 1.165) is 58.2 Å². The van der Waals surface area contributed by atoms with Crippen LogP contribution in [0, 0.1) is 0 Å². The molecule has 0 radical (unpaired) electrons. The van der Waals surface area contributed by atoms with Gasteiger partial charge in [-0.3, -0.25) is 9.36 Å². The Kier molecular flexibility index (Phi) is 5.97. The number of benzene rings is 3. The first-order chi connectivity index (χ1) is 19.6. The van der Waals surface area contributed by atoms with Crippen molar-refractivity contribution in [1.29, 1.82) is 0 Å². The van der Waals surface area contributed by atoms with E-state index in [1.54, 1.807) is 14.2 Å². The number of aromatic nitrogens is 2. The van der Waals surface area contributed by atoms with Crippen molar-refractivity contribution in [3.63, 3.8) is 0 Å². The van der Waals surface area contributed by atoms with Crippen LogP contribution < -0.4 is 24.4 Å². The summed E-state index contributed by atoms with van der Waals surface area (Å²) in [6.45, 7) is 2.99. The molecule has 0 amide bonds. The number of fused-ring (bicyclic) bond motifs is 4. The molecular weight excluding hydrogens is 518 g/mol. The second kappa shape index (κ2) is 9.68. The zero-order valence-electron chi connectivity index (χ0n) is 22.7. The molecule has 2 aromatic heterocycles. The number of rotatable bonds is 5. The maximum Gasteiger partial charge on any atom is 0.271 e. The van der Waals surface area contributed by atoms with Gasteiger partial charge in [-0.2, -0.15) is 0 Å². The number of methoxy groups -OCH3 is 2. The van der Waals surface area contributed by atoms with E-state index in [0.29, 0.717) is 20.8 Å². The van der Waals surface area contributed by atoms with Crippen LogP contribution in [0.1, 0.15) is 41.6 Å². The minimum absolute atomic E-state index is 0.0441. The number of hydrogen-bond acceptors (Lipinski definition) is 5. The molecule has 0 unspecified atom stereocenters. The average Bonchev–Trinajstić information content (AvgIpc) is 3.52. The third-order valence-corrected chi connectivity index (χ3v) is 9.03. The highest BCUT2D eigenvalue weighted by Crippen LogP contribution is 2.45. The molecule has 1 atom stereocenters. The van der Waals surface area contributed by atoms with E-state index in [4.69, 9.17) is 14.5 Å². The van der Waals surface area contributed by atoms with Gasteiger partial charge in [0.1, 0.15) is 0 Å². The molecule has 1 aliphatic carbocycles. The topological polar surface area (TPSA) is 57.8 Å². The van der Waals surface area contributed by atoms with Gasteiger partial charge in [0, 0.05) is 40.3 Å². The fourth-order valence-corrected chi connectivity index (χ4v) is 7.21. The van der Waals surface area contributed by atoms with Gasteiger partial charge in [0.25, 0.3) is 5.56 Å². The van der Waals surface area contributed by atoms with E-state index in [1.807, 2.05) is 34.9 Å². The molecule has 0 bridgehead atoms. The van der Waals surface area contributed by atoms with Gasteiger partial charge in [0.15, 0.2) is 16.3 Å². The molecule has 40 heavy (non-hydrogen) atoms. The standard InChI is InChI=1S/C33H29N3O3S/c1-4-35-19-21(22-11-7-8-14-26(22)35)18-28-32(37)36-30(25-13-9-15-27(38-2)31(25)39-3)24-17-16-20-10-5-6-12-23(20)29(24)34-33(36)40-28/h5-15,18-19,30H,4,16-17H2,1-3H3/b28-18-/t30-/m0/s1. The summed E-state index contributed by atoms with van der Waals surface area (Å²) in [5, 5.41) is 1.13. The number of aryl methyl sites for hydroxylation is 2. The van der Waals surface area contributed by atoms with Crippen LogP contribution in [0.4, 0.5) is 0 Å². The molecule has 5 aromatic rings.